The van der Waals surface area contributed by atoms with E-state index in [4.69, 9.17) is 0 Å². The average molecular weight is 522 g/mol. The van der Waals surface area contributed by atoms with Crippen molar-refractivity contribution in [2.45, 2.75) is 4.90 Å². The molecule has 3 aromatic carbocycles. The third kappa shape index (κ3) is 6.13. The number of carbonyl (C=O) groups excluding carboxylic acids is 1. The van der Waals surface area contributed by atoms with Gasteiger partial charge in [-0.2, -0.15) is 0 Å². The maximum atomic E-state index is 12.9. The number of hydrogen-bond acceptors (Lipinski definition) is 3. The second-order valence-corrected chi connectivity index (χ2v) is 8.94. The van der Waals surface area contributed by atoms with Gasteiger partial charge >= 0.3 is 0 Å². The summed E-state index contributed by atoms with van der Waals surface area (Å²) in [7, 11) is -3.73. The van der Waals surface area contributed by atoms with E-state index in [1.165, 1.54) is 42.5 Å². The number of rotatable bonds is 6. The molecular weight excluding hydrogens is 506 g/mol. The monoisotopic (exact) mass is 522 g/mol. The van der Waals surface area contributed by atoms with Crippen molar-refractivity contribution in [1.29, 1.82) is 0 Å². The van der Waals surface area contributed by atoms with Crippen LogP contribution in [0.4, 0.5) is 15.8 Å². The van der Waals surface area contributed by atoms with Gasteiger partial charge in [-0.15, -0.1) is 0 Å². The number of anilines is 2. The van der Waals surface area contributed by atoms with E-state index in [0.29, 0.717) is 16.9 Å². The minimum atomic E-state index is -3.73. The number of amides is 1. The van der Waals surface area contributed by atoms with Crippen LogP contribution in [0.5, 0.6) is 0 Å². The van der Waals surface area contributed by atoms with Gasteiger partial charge < -0.3 is 5.32 Å². The molecule has 3 rings (SSSR count). The molecule has 5 nitrogen and oxygen atoms in total. The molecule has 0 aliphatic carbocycles. The van der Waals surface area contributed by atoms with Crippen LogP contribution in [-0.2, 0) is 14.8 Å². The summed E-state index contributed by atoms with van der Waals surface area (Å²) in [6, 6.07) is 18.5. The lowest BCUT2D eigenvalue weighted by atomic mass is 10.2. The molecule has 0 fully saturated rings. The summed E-state index contributed by atoms with van der Waals surface area (Å²) >= 11 is 2.14. The summed E-state index contributed by atoms with van der Waals surface area (Å²) in [6.45, 7) is 0. The molecule has 0 bridgehead atoms. The zero-order valence-corrected chi connectivity index (χ0v) is 17.9. The van der Waals surface area contributed by atoms with Gasteiger partial charge in [0.2, 0.25) is 5.91 Å². The van der Waals surface area contributed by atoms with Gasteiger partial charge in [0.1, 0.15) is 5.82 Å². The Morgan fingerprint density at radius 2 is 1.45 bits per heavy atom. The summed E-state index contributed by atoms with van der Waals surface area (Å²) in [5, 5.41) is 2.64. The lowest BCUT2D eigenvalue weighted by molar-refractivity contribution is -0.111. The first-order chi connectivity index (χ1) is 13.8. The highest BCUT2D eigenvalue weighted by Gasteiger charge is 2.14. The predicted molar refractivity (Wildman–Crippen MR) is 120 cm³/mol. The quantitative estimate of drug-likeness (QED) is 0.358. The minimum Gasteiger partial charge on any atom is -0.323 e. The molecule has 2 N–H and O–H groups in total. The molecule has 0 aliphatic rings. The average Bonchev–Trinajstić information content (AvgIpc) is 2.70. The first-order valence-electron chi connectivity index (χ1n) is 8.45. The van der Waals surface area contributed by atoms with Gasteiger partial charge in [-0.05, 0) is 94.9 Å². The van der Waals surface area contributed by atoms with Crippen LogP contribution in [0.25, 0.3) is 6.08 Å². The highest BCUT2D eigenvalue weighted by Crippen LogP contribution is 2.19. The Morgan fingerprint density at radius 1 is 0.862 bits per heavy atom. The largest absolute Gasteiger partial charge is 0.323 e. The molecule has 0 atom stereocenters. The number of nitrogens with one attached hydrogen (secondary N) is 2. The Morgan fingerprint density at radius 3 is 2.07 bits per heavy atom. The van der Waals surface area contributed by atoms with Gasteiger partial charge in [0.15, 0.2) is 0 Å². The third-order valence-electron chi connectivity index (χ3n) is 3.83. The number of halogens is 2. The van der Waals surface area contributed by atoms with Crippen molar-refractivity contribution >= 4 is 56.0 Å². The number of hydrogen-bond donors (Lipinski definition) is 2. The summed E-state index contributed by atoms with van der Waals surface area (Å²) in [6.07, 6.45) is 2.87. The Balaban J connectivity index is 1.63. The summed E-state index contributed by atoms with van der Waals surface area (Å²) in [5.41, 5.74) is 1.60. The zero-order chi connectivity index (χ0) is 20.9. The van der Waals surface area contributed by atoms with E-state index in [9.17, 15) is 17.6 Å². The first kappa shape index (κ1) is 21.0. The predicted octanol–water partition coefficient (Wildman–Crippen LogP) is 4.88. The van der Waals surface area contributed by atoms with E-state index in [1.54, 1.807) is 42.5 Å². The van der Waals surface area contributed by atoms with Gasteiger partial charge in [0.25, 0.3) is 10.0 Å². The molecule has 0 radical (unpaired) electrons. The van der Waals surface area contributed by atoms with E-state index in [1.807, 2.05) is 0 Å². The second kappa shape index (κ2) is 9.19. The molecule has 3 aromatic rings. The Hall–Kier alpha value is -2.72. The van der Waals surface area contributed by atoms with Gasteiger partial charge in [-0.1, -0.05) is 12.1 Å². The van der Waals surface area contributed by atoms with Crippen molar-refractivity contribution in [1.82, 2.24) is 0 Å². The number of sulfonamides is 1. The van der Waals surface area contributed by atoms with Crippen LogP contribution < -0.4 is 10.0 Å². The van der Waals surface area contributed by atoms with Crippen molar-refractivity contribution in [3.05, 3.63) is 93.8 Å². The molecule has 0 unspecified atom stereocenters. The van der Waals surface area contributed by atoms with Gasteiger partial charge in [-0.3, -0.25) is 9.52 Å². The van der Waals surface area contributed by atoms with Crippen LogP contribution in [0.3, 0.4) is 0 Å². The molecule has 29 heavy (non-hydrogen) atoms. The normalized spacial score (nSPS) is 11.4. The second-order valence-electron chi connectivity index (χ2n) is 6.01. The highest BCUT2D eigenvalue weighted by molar-refractivity contribution is 14.1. The fourth-order valence-corrected chi connectivity index (χ4v) is 3.80. The van der Waals surface area contributed by atoms with Crippen LogP contribution in [0.2, 0.25) is 0 Å². The SMILES string of the molecule is O=C(/C=C/c1ccc(F)cc1)Nc1ccc(S(=O)(=O)Nc2ccc(I)cc2)cc1. The molecule has 0 aromatic heterocycles. The van der Waals surface area contributed by atoms with Crippen LogP contribution in [0.15, 0.2) is 83.8 Å². The van der Waals surface area contributed by atoms with Crippen molar-refractivity contribution in [2.24, 2.45) is 0 Å². The van der Waals surface area contributed by atoms with Gasteiger partial charge in [0.05, 0.1) is 4.90 Å². The molecule has 0 saturated heterocycles. The lowest BCUT2D eigenvalue weighted by Gasteiger charge is -2.09. The summed E-state index contributed by atoms with van der Waals surface area (Å²) in [5.74, 6) is -0.736. The van der Waals surface area contributed by atoms with Gasteiger partial charge in [0, 0.05) is 21.0 Å². The molecule has 1 amide bonds. The highest BCUT2D eigenvalue weighted by atomic mass is 127. The molecule has 0 aliphatic heterocycles. The van der Waals surface area contributed by atoms with Crippen molar-refractivity contribution in [3.8, 4) is 0 Å². The number of benzene rings is 3. The van der Waals surface area contributed by atoms with Crippen LogP contribution in [0.1, 0.15) is 5.56 Å². The fourth-order valence-electron chi connectivity index (χ4n) is 2.38. The molecular formula is C21H16FIN2O3S. The Kier molecular flexibility index (Phi) is 6.65. The smallest absolute Gasteiger partial charge is 0.261 e. The van der Waals surface area contributed by atoms with Crippen molar-refractivity contribution in [2.75, 3.05) is 10.0 Å². The molecule has 8 heteroatoms. The zero-order valence-electron chi connectivity index (χ0n) is 15.0. The maximum absolute atomic E-state index is 12.9. The van der Waals surface area contributed by atoms with Crippen LogP contribution in [0, 0.1) is 9.39 Å². The minimum absolute atomic E-state index is 0.0795. The summed E-state index contributed by atoms with van der Waals surface area (Å²) in [4.78, 5) is 12.1. The standard InChI is InChI=1S/C21H16FIN2O3S/c22-16-4-1-15(2-5-16)3-14-21(26)24-18-10-12-20(13-11-18)29(27,28)25-19-8-6-17(23)7-9-19/h1-14,25H,(H,24,26)/b14-3+. The van der Waals surface area contributed by atoms with Crippen molar-refractivity contribution in [3.63, 3.8) is 0 Å². The molecule has 0 spiro atoms. The third-order valence-corrected chi connectivity index (χ3v) is 5.94. The van der Waals surface area contributed by atoms with E-state index in [2.05, 4.69) is 32.6 Å². The number of carbonyl (C=O) groups is 1. The fraction of sp³-hybridized carbons (Fsp3) is 0. The molecule has 148 valence electrons. The summed E-state index contributed by atoms with van der Waals surface area (Å²) < 4.78 is 41.3. The first-order valence-corrected chi connectivity index (χ1v) is 11.0. The van der Waals surface area contributed by atoms with E-state index in [-0.39, 0.29) is 16.6 Å². The van der Waals surface area contributed by atoms with Gasteiger partial charge in [-0.25, -0.2) is 12.8 Å². The van der Waals surface area contributed by atoms with Crippen molar-refractivity contribution < 1.29 is 17.6 Å². The topological polar surface area (TPSA) is 75.3 Å². The molecule has 0 heterocycles. The van der Waals surface area contributed by atoms with Crippen LogP contribution >= 0.6 is 22.6 Å². The lowest BCUT2D eigenvalue weighted by Crippen LogP contribution is -2.13. The van der Waals surface area contributed by atoms with E-state index >= 15 is 0 Å². The van der Waals surface area contributed by atoms with E-state index < -0.39 is 10.0 Å². The van der Waals surface area contributed by atoms with E-state index in [0.717, 1.165) is 3.57 Å². The maximum Gasteiger partial charge on any atom is 0.261 e. The Bertz CT molecular complexity index is 1130. The Labute approximate surface area is 181 Å². The van der Waals surface area contributed by atoms with Crippen LogP contribution in [-0.4, -0.2) is 14.3 Å². The molecule has 0 saturated carbocycles.